The molecule has 0 bridgehead atoms. The van der Waals surface area contributed by atoms with Crippen LogP contribution in [0, 0.1) is 0 Å². The molecule has 2 amide bonds. The smallest absolute Gasteiger partial charge is 0.238 e. The number of amides is 2. The fourth-order valence-electron chi connectivity index (χ4n) is 3.52. The van der Waals surface area contributed by atoms with E-state index in [4.69, 9.17) is 10.2 Å². The summed E-state index contributed by atoms with van der Waals surface area (Å²) in [6.07, 6.45) is 0. The minimum absolute atomic E-state index is 0.0334. The van der Waals surface area contributed by atoms with E-state index < -0.39 is 46.0 Å². The summed E-state index contributed by atoms with van der Waals surface area (Å²) in [5, 5.41) is 48.5. The number of phenols is 2. The van der Waals surface area contributed by atoms with E-state index in [0.717, 1.165) is 12.1 Å². The van der Waals surface area contributed by atoms with Gasteiger partial charge in [-0.3, -0.25) is 19.2 Å². The predicted molar refractivity (Wildman–Crippen MR) is 120 cm³/mol. The maximum atomic E-state index is 13.4. The maximum absolute atomic E-state index is 13.4. The fraction of sp³-hybridized carbons (Fsp3) is 0.273. The number of hydrogen-bond acceptors (Lipinski definition) is 10. The molecule has 0 spiro atoms. The second kappa shape index (κ2) is 10.9. The molecule has 0 heterocycles. The zero-order chi connectivity index (χ0) is 24.8. The van der Waals surface area contributed by atoms with Crippen LogP contribution in [-0.4, -0.2) is 83.2 Å². The van der Waals surface area contributed by atoms with Gasteiger partial charge in [-0.25, -0.2) is 0 Å². The Balaban J connectivity index is 2.06. The number of phenolic OH excluding ortho intramolecular Hbond substituents is 2. The third kappa shape index (κ3) is 5.05. The predicted octanol–water partition coefficient (Wildman–Crippen LogP) is -1.09. The standard InChI is InChI=1S/C22H24N4O8/c27-7-5-23-9-15(31)25-11-1-2-12(26-16(32)10-24-6-8-28)18-17(11)21(33)19-13(29)3-4-14(30)20(19)22(18)34/h1-4,23-24,27-30H,5-10H2,(H,25,31)(H,26,32). The normalized spacial score (nSPS) is 12.2. The van der Waals surface area contributed by atoms with Crippen molar-refractivity contribution in [1.82, 2.24) is 10.6 Å². The van der Waals surface area contributed by atoms with Gasteiger partial charge in [-0.05, 0) is 24.3 Å². The number of nitrogens with one attached hydrogen (secondary N) is 4. The van der Waals surface area contributed by atoms with Crippen molar-refractivity contribution in [3.8, 4) is 11.5 Å². The summed E-state index contributed by atoms with van der Waals surface area (Å²) < 4.78 is 0. The summed E-state index contributed by atoms with van der Waals surface area (Å²) in [5.41, 5.74) is -1.41. The molecule has 2 aromatic carbocycles. The number of anilines is 2. The molecule has 12 heteroatoms. The molecule has 180 valence electrons. The topological polar surface area (TPSA) is 197 Å². The van der Waals surface area contributed by atoms with Crippen LogP contribution in [0.25, 0.3) is 0 Å². The molecule has 0 aliphatic heterocycles. The molecule has 0 aromatic heterocycles. The van der Waals surface area contributed by atoms with E-state index in [0.29, 0.717) is 0 Å². The number of benzene rings is 2. The van der Waals surface area contributed by atoms with Gasteiger partial charge in [-0.15, -0.1) is 0 Å². The van der Waals surface area contributed by atoms with E-state index in [1.165, 1.54) is 12.1 Å². The van der Waals surface area contributed by atoms with Crippen LogP contribution in [0.3, 0.4) is 0 Å². The zero-order valence-corrected chi connectivity index (χ0v) is 18.0. The minimum atomic E-state index is -0.828. The quantitative estimate of drug-likeness (QED) is 0.133. The van der Waals surface area contributed by atoms with Crippen molar-refractivity contribution in [2.24, 2.45) is 0 Å². The van der Waals surface area contributed by atoms with Gasteiger partial charge in [0.2, 0.25) is 23.4 Å². The summed E-state index contributed by atoms with van der Waals surface area (Å²) in [7, 11) is 0. The maximum Gasteiger partial charge on any atom is 0.238 e. The first-order valence-electron chi connectivity index (χ1n) is 10.3. The minimum Gasteiger partial charge on any atom is -0.507 e. The Hall–Kier alpha value is -3.84. The van der Waals surface area contributed by atoms with E-state index in [1.54, 1.807) is 0 Å². The Morgan fingerprint density at radius 1 is 0.647 bits per heavy atom. The lowest BCUT2D eigenvalue weighted by molar-refractivity contribution is -0.116. The Morgan fingerprint density at radius 2 is 1.03 bits per heavy atom. The lowest BCUT2D eigenvalue weighted by Gasteiger charge is -2.24. The highest BCUT2D eigenvalue weighted by molar-refractivity contribution is 6.34. The molecule has 8 N–H and O–H groups in total. The summed E-state index contributed by atoms with van der Waals surface area (Å²) in [6, 6.07) is 4.80. The first kappa shape index (κ1) is 24.8. The highest BCUT2D eigenvalue weighted by Gasteiger charge is 2.38. The summed E-state index contributed by atoms with van der Waals surface area (Å²) in [6.45, 7) is -0.407. The van der Waals surface area contributed by atoms with Gasteiger partial charge >= 0.3 is 0 Å². The Labute approximate surface area is 193 Å². The third-order valence-electron chi connectivity index (χ3n) is 4.97. The van der Waals surface area contributed by atoms with Gasteiger partial charge < -0.3 is 41.7 Å². The van der Waals surface area contributed by atoms with E-state index in [9.17, 15) is 29.4 Å². The molecular formula is C22H24N4O8. The number of ketones is 2. The van der Waals surface area contributed by atoms with Gasteiger partial charge in [0.25, 0.3) is 0 Å². The molecular weight excluding hydrogens is 448 g/mol. The number of aliphatic hydroxyl groups is 2. The molecule has 0 unspecified atom stereocenters. The fourth-order valence-corrected chi connectivity index (χ4v) is 3.52. The van der Waals surface area contributed by atoms with Crippen LogP contribution in [0.2, 0.25) is 0 Å². The molecule has 0 saturated carbocycles. The molecule has 0 saturated heterocycles. The molecule has 0 atom stereocenters. The van der Waals surface area contributed by atoms with E-state index in [-0.39, 0.29) is 61.9 Å². The molecule has 1 aliphatic rings. The number of hydrogen-bond donors (Lipinski definition) is 8. The van der Waals surface area contributed by atoms with Crippen LogP contribution in [0.15, 0.2) is 24.3 Å². The van der Waals surface area contributed by atoms with E-state index in [1.807, 2.05) is 0 Å². The van der Waals surface area contributed by atoms with Gasteiger partial charge in [0.1, 0.15) is 11.5 Å². The first-order chi connectivity index (χ1) is 16.3. The van der Waals surface area contributed by atoms with Crippen LogP contribution in [0.5, 0.6) is 11.5 Å². The van der Waals surface area contributed by atoms with Crippen LogP contribution in [0.4, 0.5) is 11.4 Å². The zero-order valence-electron chi connectivity index (χ0n) is 18.0. The first-order valence-corrected chi connectivity index (χ1v) is 10.3. The van der Waals surface area contributed by atoms with Gasteiger partial charge in [-0.2, -0.15) is 0 Å². The van der Waals surface area contributed by atoms with Gasteiger partial charge in [0.05, 0.1) is 59.9 Å². The average molecular weight is 472 g/mol. The third-order valence-corrected chi connectivity index (χ3v) is 4.97. The van der Waals surface area contributed by atoms with Crippen LogP contribution in [0.1, 0.15) is 31.8 Å². The highest BCUT2D eigenvalue weighted by atomic mass is 16.3. The summed E-state index contributed by atoms with van der Waals surface area (Å²) in [4.78, 5) is 51.3. The Kier molecular flexibility index (Phi) is 7.91. The number of aliphatic hydroxyl groups excluding tert-OH is 2. The van der Waals surface area contributed by atoms with Crippen LogP contribution in [-0.2, 0) is 9.59 Å². The molecule has 3 rings (SSSR count). The second-order valence-corrected chi connectivity index (χ2v) is 7.32. The summed E-state index contributed by atoms with van der Waals surface area (Å²) in [5.74, 6) is -3.83. The van der Waals surface area contributed by atoms with Crippen molar-refractivity contribution in [1.29, 1.82) is 0 Å². The Bertz CT molecular complexity index is 1060. The average Bonchev–Trinajstić information content (AvgIpc) is 2.80. The van der Waals surface area contributed by atoms with Crippen molar-refractivity contribution in [3.05, 3.63) is 46.5 Å². The van der Waals surface area contributed by atoms with Gasteiger partial charge in [0.15, 0.2) is 0 Å². The molecule has 2 aromatic rings. The number of aromatic hydroxyl groups is 2. The molecule has 0 fully saturated rings. The Morgan fingerprint density at radius 3 is 1.38 bits per heavy atom. The molecule has 34 heavy (non-hydrogen) atoms. The van der Waals surface area contributed by atoms with Crippen molar-refractivity contribution in [2.45, 2.75) is 0 Å². The number of rotatable bonds is 10. The van der Waals surface area contributed by atoms with Crippen molar-refractivity contribution >= 4 is 34.8 Å². The lowest BCUT2D eigenvalue weighted by atomic mass is 9.81. The van der Waals surface area contributed by atoms with Gasteiger partial charge in [0, 0.05) is 13.1 Å². The number of carbonyl (C=O) groups is 4. The van der Waals surface area contributed by atoms with Crippen molar-refractivity contribution < 1.29 is 39.6 Å². The van der Waals surface area contributed by atoms with Crippen molar-refractivity contribution in [3.63, 3.8) is 0 Å². The monoisotopic (exact) mass is 472 g/mol. The van der Waals surface area contributed by atoms with Gasteiger partial charge in [-0.1, -0.05) is 0 Å². The molecule has 0 radical (unpaired) electrons. The van der Waals surface area contributed by atoms with Crippen LogP contribution >= 0.6 is 0 Å². The largest absolute Gasteiger partial charge is 0.507 e. The SMILES string of the molecule is O=C(CNCCO)Nc1ccc(NC(=O)CNCCO)c2c1C(=O)c1c(O)ccc(O)c1C2=O. The molecule has 12 nitrogen and oxygen atoms in total. The van der Waals surface area contributed by atoms with E-state index in [2.05, 4.69) is 21.3 Å². The number of fused-ring (bicyclic) bond motifs is 2. The van der Waals surface area contributed by atoms with Crippen LogP contribution < -0.4 is 21.3 Å². The number of carbonyl (C=O) groups excluding carboxylic acids is 4. The van der Waals surface area contributed by atoms with Crippen molar-refractivity contribution in [2.75, 3.05) is 50.0 Å². The highest BCUT2D eigenvalue weighted by Crippen LogP contribution is 2.42. The molecule has 1 aliphatic carbocycles. The summed E-state index contributed by atoms with van der Waals surface area (Å²) >= 11 is 0. The second-order valence-electron chi connectivity index (χ2n) is 7.32. The van der Waals surface area contributed by atoms with E-state index >= 15 is 0 Å². The lowest BCUT2D eigenvalue weighted by Crippen LogP contribution is -2.33.